The fourth-order valence-corrected chi connectivity index (χ4v) is 2.04. The number of aryl methyl sites for hydroxylation is 1. The van der Waals surface area contributed by atoms with Crippen LogP contribution in [0, 0.1) is 6.92 Å². The second kappa shape index (κ2) is 5.30. The smallest absolute Gasteiger partial charge is 0.238 e. The normalized spacial score (nSPS) is 12.5. The third-order valence-corrected chi connectivity index (χ3v) is 3.16. The number of benzene rings is 1. The zero-order valence-corrected chi connectivity index (χ0v) is 11.1. The molecular formula is C15H15N3O2. The summed E-state index contributed by atoms with van der Waals surface area (Å²) in [6, 6.07) is 11.5. The Balaban J connectivity index is 1.77. The maximum atomic E-state index is 6.13. The van der Waals surface area contributed by atoms with Crippen LogP contribution in [0.2, 0.25) is 0 Å². The van der Waals surface area contributed by atoms with Gasteiger partial charge in [-0.25, -0.2) is 0 Å². The van der Waals surface area contributed by atoms with Crippen LogP contribution in [0.15, 0.2) is 51.6 Å². The molecule has 0 fully saturated rings. The molecule has 0 amide bonds. The molecule has 3 aromatic rings. The fraction of sp³-hybridized carbons (Fsp3) is 0.200. The molecule has 0 aliphatic carbocycles. The van der Waals surface area contributed by atoms with E-state index in [4.69, 9.17) is 14.7 Å². The SMILES string of the molecule is Cc1ccoc1-c1noc(CC(N)c2ccccc2)n1. The summed E-state index contributed by atoms with van der Waals surface area (Å²) in [5.74, 6) is 1.60. The van der Waals surface area contributed by atoms with Crippen molar-refractivity contribution in [3.8, 4) is 11.6 Å². The molecule has 5 heteroatoms. The lowest BCUT2D eigenvalue weighted by molar-refractivity contribution is 0.369. The van der Waals surface area contributed by atoms with Crippen molar-refractivity contribution >= 4 is 0 Å². The number of rotatable bonds is 4. The molecule has 1 unspecified atom stereocenters. The largest absolute Gasteiger partial charge is 0.461 e. The second-order valence-electron chi connectivity index (χ2n) is 4.67. The van der Waals surface area contributed by atoms with Crippen LogP contribution in [0.5, 0.6) is 0 Å². The first kappa shape index (κ1) is 12.6. The van der Waals surface area contributed by atoms with Crippen molar-refractivity contribution in [3.63, 3.8) is 0 Å². The minimum atomic E-state index is -0.165. The molecule has 2 aromatic heterocycles. The Labute approximate surface area is 116 Å². The van der Waals surface area contributed by atoms with Crippen molar-refractivity contribution in [2.45, 2.75) is 19.4 Å². The first-order valence-electron chi connectivity index (χ1n) is 6.41. The van der Waals surface area contributed by atoms with Crippen molar-refractivity contribution in [1.82, 2.24) is 10.1 Å². The van der Waals surface area contributed by atoms with E-state index in [0.29, 0.717) is 23.9 Å². The Bertz CT molecular complexity index is 688. The molecule has 102 valence electrons. The molecule has 0 aliphatic heterocycles. The van der Waals surface area contributed by atoms with E-state index in [1.54, 1.807) is 6.26 Å². The van der Waals surface area contributed by atoms with E-state index >= 15 is 0 Å². The maximum absolute atomic E-state index is 6.13. The molecule has 0 spiro atoms. The average molecular weight is 269 g/mol. The number of hydrogen-bond acceptors (Lipinski definition) is 5. The van der Waals surface area contributed by atoms with Crippen molar-refractivity contribution in [2.75, 3.05) is 0 Å². The Morgan fingerprint density at radius 2 is 2.00 bits per heavy atom. The van der Waals surface area contributed by atoms with Gasteiger partial charge < -0.3 is 14.7 Å². The minimum absolute atomic E-state index is 0.165. The van der Waals surface area contributed by atoms with Crippen molar-refractivity contribution in [2.24, 2.45) is 5.73 Å². The number of hydrogen-bond donors (Lipinski definition) is 1. The quantitative estimate of drug-likeness (QED) is 0.788. The average Bonchev–Trinajstić information content (AvgIpc) is 3.08. The number of furan rings is 1. The second-order valence-corrected chi connectivity index (χ2v) is 4.67. The van der Waals surface area contributed by atoms with Crippen LogP contribution >= 0.6 is 0 Å². The van der Waals surface area contributed by atoms with Crippen LogP contribution in [0.25, 0.3) is 11.6 Å². The Morgan fingerprint density at radius 3 is 2.70 bits per heavy atom. The Morgan fingerprint density at radius 1 is 1.20 bits per heavy atom. The van der Waals surface area contributed by atoms with Crippen LogP contribution in [-0.2, 0) is 6.42 Å². The predicted molar refractivity (Wildman–Crippen MR) is 73.8 cm³/mol. The van der Waals surface area contributed by atoms with Gasteiger partial charge in [-0.15, -0.1) is 0 Å². The van der Waals surface area contributed by atoms with Gasteiger partial charge in [0.05, 0.1) is 6.26 Å². The molecule has 2 heterocycles. The molecule has 3 rings (SSSR count). The lowest BCUT2D eigenvalue weighted by atomic mass is 10.1. The van der Waals surface area contributed by atoms with Gasteiger partial charge in [0.15, 0.2) is 5.76 Å². The van der Waals surface area contributed by atoms with E-state index in [-0.39, 0.29) is 6.04 Å². The van der Waals surface area contributed by atoms with Gasteiger partial charge in [-0.05, 0) is 24.1 Å². The Hall–Kier alpha value is -2.40. The summed E-state index contributed by atoms with van der Waals surface area (Å²) in [7, 11) is 0. The van der Waals surface area contributed by atoms with E-state index < -0.39 is 0 Å². The lowest BCUT2D eigenvalue weighted by Gasteiger charge is -2.08. The molecule has 20 heavy (non-hydrogen) atoms. The lowest BCUT2D eigenvalue weighted by Crippen LogP contribution is -2.13. The number of nitrogens with two attached hydrogens (primary N) is 1. The standard InChI is InChI=1S/C15H15N3O2/c1-10-7-8-19-14(10)15-17-13(20-18-15)9-12(16)11-5-3-2-4-6-11/h2-8,12H,9,16H2,1H3. The molecule has 5 nitrogen and oxygen atoms in total. The summed E-state index contributed by atoms with van der Waals surface area (Å²) in [4.78, 5) is 4.33. The zero-order chi connectivity index (χ0) is 13.9. The Kier molecular flexibility index (Phi) is 3.35. The molecule has 0 saturated heterocycles. The highest BCUT2D eigenvalue weighted by Gasteiger charge is 2.16. The van der Waals surface area contributed by atoms with Crippen LogP contribution in [0.4, 0.5) is 0 Å². The van der Waals surface area contributed by atoms with Crippen LogP contribution in [0.1, 0.15) is 23.1 Å². The summed E-state index contributed by atoms with van der Waals surface area (Å²) in [6.07, 6.45) is 2.10. The highest BCUT2D eigenvalue weighted by molar-refractivity contribution is 5.50. The number of nitrogens with zero attached hydrogens (tertiary/aromatic N) is 2. The molecule has 2 N–H and O–H groups in total. The van der Waals surface area contributed by atoms with Crippen molar-refractivity contribution in [3.05, 3.63) is 59.7 Å². The summed E-state index contributed by atoms with van der Waals surface area (Å²) in [5, 5.41) is 3.93. The molecule has 0 radical (unpaired) electrons. The third kappa shape index (κ3) is 2.48. The molecule has 1 atom stereocenters. The molecule has 0 saturated carbocycles. The third-order valence-electron chi connectivity index (χ3n) is 3.16. The molecule has 0 bridgehead atoms. The maximum Gasteiger partial charge on any atom is 0.238 e. The highest BCUT2D eigenvalue weighted by atomic mass is 16.5. The van der Waals surface area contributed by atoms with Gasteiger partial charge in [0.2, 0.25) is 11.7 Å². The van der Waals surface area contributed by atoms with E-state index in [1.165, 1.54) is 0 Å². The van der Waals surface area contributed by atoms with Crippen LogP contribution in [-0.4, -0.2) is 10.1 Å². The van der Waals surface area contributed by atoms with E-state index in [1.807, 2.05) is 43.3 Å². The van der Waals surface area contributed by atoms with Gasteiger partial charge in [-0.2, -0.15) is 4.98 Å². The monoisotopic (exact) mass is 269 g/mol. The van der Waals surface area contributed by atoms with Crippen molar-refractivity contribution in [1.29, 1.82) is 0 Å². The van der Waals surface area contributed by atoms with Gasteiger partial charge >= 0.3 is 0 Å². The highest BCUT2D eigenvalue weighted by Crippen LogP contribution is 2.22. The summed E-state index contributed by atoms with van der Waals surface area (Å²) < 4.78 is 10.6. The van der Waals surface area contributed by atoms with Gasteiger partial charge in [0.1, 0.15) is 0 Å². The summed E-state index contributed by atoms with van der Waals surface area (Å²) in [6.45, 7) is 1.94. The van der Waals surface area contributed by atoms with Crippen molar-refractivity contribution < 1.29 is 8.94 Å². The summed E-state index contributed by atoms with van der Waals surface area (Å²) >= 11 is 0. The topological polar surface area (TPSA) is 78.1 Å². The van der Waals surface area contributed by atoms with E-state index in [0.717, 1.165) is 11.1 Å². The van der Waals surface area contributed by atoms with Gasteiger partial charge in [-0.3, -0.25) is 0 Å². The molecule has 1 aromatic carbocycles. The first-order valence-corrected chi connectivity index (χ1v) is 6.41. The van der Waals surface area contributed by atoms with Gasteiger partial charge in [0, 0.05) is 12.5 Å². The van der Waals surface area contributed by atoms with E-state index in [2.05, 4.69) is 10.1 Å². The molecule has 0 aliphatic rings. The van der Waals surface area contributed by atoms with Gasteiger partial charge in [0.25, 0.3) is 0 Å². The minimum Gasteiger partial charge on any atom is -0.461 e. The first-order chi connectivity index (χ1) is 9.74. The fourth-order valence-electron chi connectivity index (χ4n) is 2.04. The number of aromatic nitrogens is 2. The summed E-state index contributed by atoms with van der Waals surface area (Å²) in [5.41, 5.74) is 8.15. The van der Waals surface area contributed by atoms with Crippen LogP contribution in [0.3, 0.4) is 0 Å². The predicted octanol–water partition coefficient (Wildman–Crippen LogP) is 2.88. The molecular weight excluding hydrogens is 254 g/mol. The zero-order valence-electron chi connectivity index (χ0n) is 11.1. The van der Waals surface area contributed by atoms with E-state index in [9.17, 15) is 0 Å². The van der Waals surface area contributed by atoms with Crippen LogP contribution < -0.4 is 5.73 Å². The van der Waals surface area contributed by atoms with Gasteiger partial charge in [-0.1, -0.05) is 35.5 Å².